The first-order valence-corrected chi connectivity index (χ1v) is 5.47. The zero-order valence-corrected chi connectivity index (χ0v) is 10.0. The fourth-order valence-corrected chi connectivity index (χ4v) is 2.09. The van der Waals surface area contributed by atoms with Crippen molar-refractivity contribution in [3.63, 3.8) is 0 Å². The third-order valence-electron chi connectivity index (χ3n) is 2.26. The average molecular weight is 266 g/mol. The molecule has 0 bridgehead atoms. The molecule has 1 aromatic heterocycles. The zero-order valence-electron chi connectivity index (χ0n) is 8.44. The fraction of sp³-hybridized carbons (Fsp3) is 0.182. The van der Waals surface area contributed by atoms with E-state index in [1.165, 1.54) is 5.56 Å². The summed E-state index contributed by atoms with van der Waals surface area (Å²) in [4.78, 5) is 4.18. The predicted molar refractivity (Wildman–Crippen MR) is 64.6 cm³/mol. The first kappa shape index (κ1) is 10.2. The summed E-state index contributed by atoms with van der Waals surface area (Å²) in [6, 6.07) is 5.93. The number of nitrogens with two attached hydrogens (primary N) is 1. The SMILES string of the molecule is Cc1nccn1Cc1cc(N)cc(Br)c1. The third kappa shape index (κ3) is 2.39. The van der Waals surface area contributed by atoms with Crippen LogP contribution in [0.25, 0.3) is 0 Å². The number of imidazole rings is 1. The minimum absolute atomic E-state index is 0.775. The maximum atomic E-state index is 5.77. The van der Waals surface area contributed by atoms with Crippen LogP contribution in [0.1, 0.15) is 11.4 Å². The van der Waals surface area contributed by atoms with Crippen molar-refractivity contribution in [2.24, 2.45) is 0 Å². The Kier molecular flexibility index (Phi) is 2.77. The Balaban J connectivity index is 2.28. The van der Waals surface area contributed by atoms with Gasteiger partial charge in [0, 0.05) is 29.1 Å². The van der Waals surface area contributed by atoms with E-state index in [0.29, 0.717) is 0 Å². The fourth-order valence-electron chi connectivity index (χ4n) is 1.53. The summed E-state index contributed by atoms with van der Waals surface area (Å²) >= 11 is 3.43. The summed E-state index contributed by atoms with van der Waals surface area (Å²) in [5.74, 6) is 1.01. The van der Waals surface area contributed by atoms with E-state index in [1.54, 1.807) is 6.20 Å². The number of hydrogen-bond donors (Lipinski definition) is 1. The van der Waals surface area contributed by atoms with Crippen molar-refractivity contribution in [2.45, 2.75) is 13.5 Å². The van der Waals surface area contributed by atoms with Gasteiger partial charge in [0.2, 0.25) is 0 Å². The van der Waals surface area contributed by atoms with Crippen LogP contribution in [0.2, 0.25) is 0 Å². The molecular formula is C11H12BrN3. The van der Waals surface area contributed by atoms with E-state index in [4.69, 9.17) is 5.73 Å². The molecule has 1 heterocycles. The van der Waals surface area contributed by atoms with E-state index in [2.05, 4.69) is 31.5 Å². The topological polar surface area (TPSA) is 43.8 Å². The Morgan fingerprint density at radius 1 is 1.40 bits per heavy atom. The quantitative estimate of drug-likeness (QED) is 0.849. The molecule has 1 aromatic carbocycles. The van der Waals surface area contributed by atoms with Crippen LogP contribution in [0.15, 0.2) is 35.1 Å². The maximum absolute atomic E-state index is 5.77. The lowest BCUT2D eigenvalue weighted by atomic mass is 10.2. The Hall–Kier alpha value is -1.29. The van der Waals surface area contributed by atoms with Gasteiger partial charge in [-0.1, -0.05) is 15.9 Å². The molecule has 2 rings (SSSR count). The van der Waals surface area contributed by atoms with Gasteiger partial charge < -0.3 is 10.3 Å². The van der Waals surface area contributed by atoms with Gasteiger partial charge in [0.05, 0.1) is 0 Å². The highest BCUT2D eigenvalue weighted by Gasteiger charge is 2.00. The lowest BCUT2D eigenvalue weighted by Crippen LogP contribution is -2.01. The summed E-state index contributed by atoms with van der Waals surface area (Å²) in [7, 11) is 0. The van der Waals surface area contributed by atoms with Crippen molar-refractivity contribution >= 4 is 21.6 Å². The molecule has 0 saturated carbocycles. The number of anilines is 1. The van der Waals surface area contributed by atoms with Crippen molar-refractivity contribution in [3.05, 3.63) is 46.5 Å². The molecule has 0 fully saturated rings. The van der Waals surface area contributed by atoms with E-state index in [9.17, 15) is 0 Å². The van der Waals surface area contributed by atoms with E-state index in [0.717, 1.165) is 22.5 Å². The molecule has 3 nitrogen and oxygen atoms in total. The van der Waals surface area contributed by atoms with Gasteiger partial charge in [0.15, 0.2) is 0 Å². The van der Waals surface area contributed by atoms with Crippen LogP contribution in [0.5, 0.6) is 0 Å². The Labute approximate surface area is 97.1 Å². The second-order valence-electron chi connectivity index (χ2n) is 3.50. The largest absolute Gasteiger partial charge is 0.399 e. The van der Waals surface area contributed by atoms with Crippen molar-refractivity contribution < 1.29 is 0 Å². The molecule has 15 heavy (non-hydrogen) atoms. The first-order chi connectivity index (χ1) is 7.15. The van der Waals surface area contributed by atoms with Crippen molar-refractivity contribution in [2.75, 3.05) is 5.73 Å². The zero-order chi connectivity index (χ0) is 10.8. The molecule has 0 spiro atoms. The van der Waals surface area contributed by atoms with Crippen LogP contribution in [0.3, 0.4) is 0 Å². The number of aromatic nitrogens is 2. The summed E-state index contributed by atoms with van der Waals surface area (Å²) in [5, 5.41) is 0. The number of rotatable bonds is 2. The van der Waals surface area contributed by atoms with Crippen LogP contribution in [0.4, 0.5) is 5.69 Å². The average Bonchev–Trinajstić information content (AvgIpc) is 2.50. The van der Waals surface area contributed by atoms with Gasteiger partial charge in [-0.05, 0) is 30.7 Å². The van der Waals surface area contributed by atoms with Gasteiger partial charge in [0.25, 0.3) is 0 Å². The maximum Gasteiger partial charge on any atom is 0.105 e. The number of benzene rings is 1. The van der Waals surface area contributed by atoms with E-state index < -0.39 is 0 Å². The lowest BCUT2D eigenvalue weighted by molar-refractivity contribution is 0.761. The molecule has 0 amide bonds. The summed E-state index contributed by atoms with van der Waals surface area (Å²) in [5.41, 5.74) is 7.72. The molecule has 2 aromatic rings. The standard InChI is InChI=1S/C11H12BrN3/c1-8-14-2-3-15(8)7-9-4-10(12)6-11(13)5-9/h2-6H,7,13H2,1H3. The third-order valence-corrected chi connectivity index (χ3v) is 2.71. The first-order valence-electron chi connectivity index (χ1n) is 4.68. The van der Waals surface area contributed by atoms with Gasteiger partial charge in [-0.15, -0.1) is 0 Å². The molecule has 0 aliphatic carbocycles. The number of hydrogen-bond acceptors (Lipinski definition) is 2. The Morgan fingerprint density at radius 3 is 2.80 bits per heavy atom. The summed E-state index contributed by atoms with van der Waals surface area (Å²) in [6.45, 7) is 2.79. The normalized spacial score (nSPS) is 10.5. The van der Waals surface area contributed by atoms with Crippen molar-refractivity contribution in [1.29, 1.82) is 0 Å². The molecule has 0 aliphatic rings. The lowest BCUT2D eigenvalue weighted by Gasteiger charge is -2.06. The minimum Gasteiger partial charge on any atom is -0.399 e. The second-order valence-corrected chi connectivity index (χ2v) is 4.41. The highest BCUT2D eigenvalue weighted by molar-refractivity contribution is 9.10. The Bertz CT molecular complexity index is 456. The van der Waals surface area contributed by atoms with Gasteiger partial charge >= 0.3 is 0 Å². The molecule has 0 saturated heterocycles. The van der Waals surface area contributed by atoms with E-state index in [-0.39, 0.29) is 0 Å². The van der Waals surface area contributed by atoms with Crippen LogP contribution >= 0.6 is 15.9 Å². The van der Waals surface area contributed by atoms with Gasteiger partial charge in [-0.3, -0.25) is 0 Å². The highest BCUT2D eigenvalue weighted by Crippen LogP contribution is 2.18. The van der Waals surface area contributed by atoms with Crippen LogP contribution in [-0.2, 0) is 6.54 Å². The monoisotopic (exact) mass is 265 g/mol. The highest BCUT2D eigenvalue weighted by atomic mass is 79.9. The van der Waals surface area contributed by atoms with Crippen LogP contribution < -0.4 is 5.73 Å². The summed E-state index contributed by atoms with van der Waals surface area (Å²) < 4.78 is 3.09. The second kappa shape index (κ2) is 4.06. The molecular weight excluding hydrogens is 254 g/mol. The number of nitrogen functional groups attached to an aromatic ring is 1. The summed E-state index contributed by atoms with van der Waals surface area (Å²) in [6.07, 6.45) is 3.77. The number of nitrogens with zero attached hydrogens (tertiary/aromatic N) is 2. The molecule has 2 N–H and O–H groups in total. The molecule has 0 radical (unpaired) electrons. The predicted octanol–water partition coefficient (Wildman–Crippen LogP) is 2.58. The Morgan fingerprint density at radius 2 is 2.20 bits per heavy atom. The van der Waals surface area contributed by atoms with Crippen molar-refractivity contribution in [1.82, 2.24) is 9.55 Å². The molecule has 0 unspecified atom stereocenters. The van der Waals surface area contributed by atoms with E-state index in [1.807, 2.05) is 25.3 Å². The number of halogens is 1. The van der Waals surface area contributed by atoms with Gasteiger partial charge in [0.1, 0.15) is 5.82 Å². The van der Waals surface area contributed by atoms with Crippen LogP contribution in [-0.4, -0.2) is 9.55 Å². The van der Waals surface area contributed by atoms with Crippen LogP contribution in [0, 0.1) is 6.92 Å². The molecule has 0 aliphatic heterocycles. The minimum atomic E-state index is 0.775. The van der Waals surface area contributed by atoms with Gasteiger partial charge in [-0.2, -0.15) is 0 Å². The molecule has 78 valence electrons. The van der Waals surface area contributed by atoms with Gasteiger partial charge in [-0.25, -0.2) is 4.98 Å². The molecule has 4 heteroatoms. The van der Waals surface area contributed by atoms with Crippen molar-refractivity contribution in [3.8, 4) is 0 Å². The number of aryl methyl sites for hydroxylation is 1. The van der Waals surface area contributed by atoms with E-state index >= 15 is 0 Å². The molecule has 0 atom stereocenters. The smallest absolute Gasteiger partial charge is 0.105 e.